The first kappa shape index (κ1) is 13.2. The molecule has 2 saturated heterocycles. The second kappa shape index (κ2) is 7.41. The van der Waals surface area contributed by atoms with Crippen molar-refractivity contribution >= 4 is 12.4 Å². The lowest BCUT2D eigenvalue weighted by Gasteiger charge is -2.29. The molecule has 2 rings (SSSR count). The summed E-state index contributed by atoms with van der Waals surface area (Å²) in [6.45, 7) is 4.63. The molecule has 4 nitrogen and oxygen atoms in total. The van der Waals surface area contributed by atoms with Crippen LogP contribution in [-0.4, -0.2) is 38.3 Å². The number of halogens is 1. The fourth-order valence-corrected chi connectivity index (χ4v) is 2.17. The molecule has 2 heterocycles. The summed E-state index contributed by atoms with van der Waals surface area (Å²) in [4.78, 5) is 0. The minimum atomic E-state index is 0. The van der Waals surface area contributed by atoms with Crippen LogP contribution in [-0.2, 0) is 0 Å². The molecule has 4 N–H and O–H groups in total. The number of piperidine rings is 2. The van der Waals surface area contributed by atoms with Gasteiger partial charge in [-0.15, -0.1) is 12.4 Å². The Balaban J connectivity index is 0.00000112. The van der Waals surface area contributed by atoms with Gasteiger partial charge in [0.1, 0.15) is 0 Å². The maximum atomic E-state index is 3.47. The zero-order chi connectivity index (χ0) is 9.64. The fourth-order valence-electron chi connectivity index (χ4n) is 2.17. The van der Waals surface area contributed by atoms with E-state index in [1.54, 1.807) is 0 Å². The van der Waals surface area contributed by atoms with Crippen molar-refractivity contribution in [2.75, 3.05) is 26.2 Å². The van der Waals surface area contributed by atoms with Gasteiger partial charge in [0.05, 0.1) is 0 Å². The molecule has 90 valence electrons. The first-order valence-corrected chi connectivity index (χ1v) is 5.87. The molecule has 0 aliphatic carbocycles. The van der Waals surface area contributed by atoms with E-state index in [9.17, 15) is 0 Å². The molecular weight excluding hydrogens is 212 g/mol. The van der Waals surface area contributed by atoms with Crippen molar-refractivity contribution in [3.8, 4) is 0 Å². The number of hydrogen-bond acceptors (Lipinski definition) is 4. The Hall–Kier alpha value is 0.130. The molecule has 0 radical (unpaired) electrons. The van der Waals surface area contributed by atoms with Crippen LogP contribution < -0.4 is 21.5 Å². The van der Waals surface area contributed by atoms with Gasteiger partial charge < -0.3 is 10.6 Å². The van der Waals surface area contributed by atoms with E-state index in [1.807, 2.05) is 0 Å². The van der Waals surface area contributed by atoms with Crippen LogP contribution in [0.5, 0.6) is 0 Å². The third-order valence-corrected chi connectivity index (χ3v) is 3.17. The topological polar surface area (TPSA) is 48.1 Å². The molecule has 0 aromatic rings. The van der Waals surface area contributed by atoms with Gasteiger partial charge in [-0.1, -0.05) is 0 Å². The smallest absolute Gasteiger partial charge is 0.0237 e. The molecule has 2 aliphatic rings. The molecule has 0 saturated carbocycles. The Labute approximate surface area is 98.3 Å². The fraction of sp³-hybridized carbons (Fsp3) is 1.00. The van der Waals surface area contributed by atoms with E-state index in [0.29, 0.717) is 12.1 Å². The highest BCUT2D eigenvalue weighted by atomic mass is 35.5. The van der Waals surface area contributed by atoms with Crippen LogP contribution in [0.4, 0.5) is 0 Å². The number of hydrogen-bond donors (Lipinski definition) is 4. The highest BCUT2D eigenvalue weighted by Gasteiger charge is 2.16. The average molecular weight is 235 g/mol. The third-order valence-electron chi connectivity index (χ3n) is 3.17. The summed E-state index contributed by atoms with van der Waals surface area (Å²) < 4.78 is 0. The van der Waals surface area contributed by atoms with Crippen LogP contribution in [0.25, 0.3) is 0 Å². The minimum absolute atomic E-state index is 0. The van der Waals surface area contributed by atoms with Gasteiger partial charge in [-0.2, -0.15) is 0 Å². The van der Waals surface area contributed by atoms with Crippen molar-refractivity contribution in [3.63, 3.8) is 0 Å². The summed E-state index contributed by atoms with van der Waals surface area (Å²) in [5.41, 5.74) is 6.95. The average Bonchev–Trinajstić information content (AvgIpc) is 2.29. The second-order valence-corrected chi connectivity index (χ2v) is 4.34. The third kappa shape index (κ3) is 4.66. The van der Waals surface area contributed by atoms with E-state index < -0.39 is 0 Å². The number of hydrazine groups is 1. The SMILES string of the molecule is C1CC(NNC2CCNCC2)CCN1.Cl. The first-order valence-electron chi connectivity index (χ1n) is 5.87. The second-order valence-electron chi connectivity index (χ2n) is 4.34. The van der Waals surface area contributed by atoms with Crippen molar-refractivity contribution in [1.82, 2.24) is 21.5 Å². The van der Waals surface area contributed by atoms with E-state index in [1.165, 1.54) is 25.7 Å². The van der Waals surface area contributed by atoms with Crippen molar-refractivity contribution in [3.05, 3.63) is 0 Å². The van der Waals surface area contributed by atoms with Crippen molar-refractivity contribution in [2.24, 2.45) is 0 Å². The lowest BCUT2D eigenvalue weighted by molar-refractivity contribution is 0.285. The minimum Gasteiger partial charge on any atom is -0.317 e. The van der Waals surface area contributed by atoms with Gasteiger partial charge in [-0.25, -0.2) is 0 Å². The van der Waals surface area contributed by atoms with Gasteiger partial charge in [-0.3, -0.25) is 10.9 Å². The van der Waals surface area contributed by atoms with Gasteiger partial charge in [0.15, 0.2) is 0 Å². The number of rotatable bonds is 3. The zero-order valence-electron chi connectivity index (χ0n) is 9.22. The Morgan fingerprint density at radius 2 is 1.00 bits per heavy atom. The van der Waals surface area contributed by atoms with Crippen LogP contribution >= 0.6 is 12.4 Å². The van der Waals surface area contributed by atoms with Crippen LogP contribution in [0.2, 0.25) is 0 Å². The van der Waals surface area contributed by atoms with Crippen LogP contribution in [0.15, 0.2) is 0 Å². The van der Waals surface area contributed by atoms with Gasteiger partial charge >= 0.3 is 0 Å². The van der Waals surface area contributed by atoms with E-state index >= 15 is 0 Å². The summed E-state index contributed by atoms with van der Waals surface area (Å²) in [6, 6.07) is 1.34. The predicted octanol–water partition coefficient (Wildman–Crippen LogP) is 0.00640. The molecule has 2 aliphatic heterocycles. The standard InChI is InChI=1S/C10H22N4.ClH/c1-5-11-6-2-9(1)13-14-10-3-7-12-8-4-10;/h9-14H,1-8H2;1H. The van der Waals surface area contributed by atoms with Crippen molar-refractivity contribution in [1.29, 1.82) is 0 Å². The largest absolute Gasteiger partial charge is 0.317 e. The zero-order valence-corrected chi connectivity index (χ0v) is 10.0. The Morgan fingerprint density at radius 3 is 1.33 bits per heavy atom. The molecule has 0 amide bonds. The van der Waals surface area contributed by atoms with Gasteiger partial charge in [0, 0.05) is 12.1 Å². The van der Waals surface area contributed by atoms with E-state index in [4.69, 9.17) is 0 Å². The lowest BCUT2D eigenvalue weighted by atomic mass is 10.1. The van der Waals surface area contributed by atoms with Crippen molar-refractivity contribution in [2.45, 2.75) is 37.8 Å². The molecule has 0 aromatic heterocycles. The Bertz CT molecular complexity index is 138. The first-order chi connectivity index (χ1) is 6.95. The van der Waals surface area contributed by atoms with E-state index in [0.717, 1.165) is 26.2 Å². The highest BCUT2D eigenvalue weighted by molar-refractivity contribution is 5.85. The molecule has 2 fully saturated rings. The number of nitrogens with one attached hydrogen (secondary N) is 4. The van der Waals surface area contributed by atoms with Crippen LogP contribution in [0, 0.1) is 0 Å². The normalized spacial score (nSPS) is 24.8. The predicted molar refractivity (Wildman–Crippen MR) is 65.3 cm³/mol. The molecule has 15 heavy (non-hydrogen) atoms. The maximum Gasteiger partial charge on any atom is 0.0237 e. The van der Waals surface area contributed by atoms with E-state index in [-0.39, 0.29) is 12.4 Å². The summed E-state index contributed by atoms with van der Waals surface area (Å²) in [7, 11) is 0. The monoisotopic (exact) mass is 234 g/mol. The lowest BCUT2D eigenvalue weighted by Crippen LogP contribution is -2.52. The molecule has 0 bridgehead atoms. The summed E-state index contributed by atoms with van der Waals surface area (Å²) >= 11 is 0. The van der Waals surface area contributed by atoms with Crippen LogP contribution in [0.3, 0.4) is 0 Å². The Morgan fingerprint density at radius 1 is 0.667 bits per heavy atom. The molecule has 0 atom stereocenters. The van der Waals surface area contributed by atoms with E-state index in [2.05, 4.69) is 21.5 Å². The molecular formula is C10H23ClN4. The van der Waals surface area contributed by atoms with Crippen molar-refractivity contribution < 1.29 is 0 Å². The quantitative estimate of drug-likeness (QED) is 0.520. The molecule has 5 heteroatoms. The van der Waals surface area contributed by atoms with Gasteiger partial charge in [0.25, 0.3) is 0 Å². The molecule has 0 aromatic carbocycles. The molecule has 0 unspecified atom stereocenters. The maximum absolute atomic E-state index is 3.47. The molecule has 0 spiro atoms. The van der Waals surface area contributed by atoms with Gasteiger partial charge in [0.2, 0.25) is 0 Å². The highest BCUT2D eigenvalue weighted by Crippen LogP contribution is 2.03. The Kier molecular flexibility index (Phi) is 6.52. The summed E-state index contributed by atoms with van der Waals surface area (Å²) in [5, 5.41) is 6.75. The summed E-state index contributed by atoms with van der Waals surface area (Å²) in [6.07, 6.45) is 4.99. The summed E-state index contributed by atoms with van der Waals surface area (Å²) in [5.74, 6) is 0. The van der Waals surface area contributed by atoms with Crippen LogP contribution in [0.1, 0.15) is 25.7 Å². The van der Waals surface area contributed by atoms with Gasteiger partial charge in [-0.05, 0) is 51.9 Å².